The molecule has 0 spiro atoms. The van der Waals surface area contributed by atoms with Crippen LogP contribution in [0, 0.1) is 0 Å². The van der Waals surface area contributed by atoms with Crippen LogP contribution in [-0.2, 0) is 4.79 Å². The molecule has 2 fully saturated rings. The smallest absolute Gasteiger partial charge is 0.324 e. The summed E-state index contributed by atoms with van der Waals surface area (Å²) in [5.41, 5.74) is 5.87. The maximum atomic E-state index is 12.0. The van der Waals surface area contributed by atoms with Crippen LogP contribution in [-0.4, -0.2) is 60.5 Å². The fourth-order valence-corrected chi connectivity index (χ4v) is 2.68. The van der Waals surface area contributed by atoms with Gasteiger partial charge in [-0.15, -0.1) is 0 Å². The minimum Gasteiger partial charge on any atom is -0.336 e. The van der Waals surface area contributed by atoms with Crippen LogP contribution in [0.1, 0.15) is 25.7 Å². The number of hydrogen-bond acceptors (Lipinski definition) is 4. The van der Waals surface area contributed by atoms with E-state index < -0.39 is 0 Å². The number of carbonyl (C=O) groups is 2. The largest absolute Gasteiger partial charge is 0.336 e. The number of rotatable bonds is 3. The molecule has 1 aliphatic carbocycles. The number of imide groups is 1. The Balaban J connectivity index is 1.81. The van der Waals surface area contributed by atoms with E-state index in [1.807, 2.05) is 7.05 Å². The van der Waals surface area contributed by atoms with Crippen molar-refractivity contribution >= 4 is 11.9 Å². The van der Waals surface area contributed by atoms with E-state index in [1.54, 1.807) is 0 Å². The lowest BCUT2D eigenvalue weighted by atomic mass is 9.91. The molecule has 3 N–H and O–H groups in total. The lowest BCUT2D eigenvalue weighted by Crippen LogP contribution is -2.45. The molecule has 1 saturated carbocycles. The number of urea groups is 1. The van der Waals surface area contributed by atoms with E-state index in [4.69, 9.17) is 5.73 Å². The molecule has 6 nitrogen and oxygen atoms in total. The summed E-state index contributed by atoms with van der Waals surface area (Å²) in [6.07, 6.45) is 4.12. The van der Waals surface area contributed by atoms with Gasteiger partial charge in [-0.05, 0) is 32.7 Å². The first-order valence-corrected chi connectivity index (χ1v) is 6.62. The zero-order valence-electron chi connectivity index (χ0n) is 10.9. The maximum absolute atomic E-state index is 12.0. The Bertz CT molecular complexity index is 326. The van der Waals surface area contributed by atoms with Crippen LogP contribution in [0.25, 0.3) is 0 Å². The second kappa shape index (κ2) is 5.67. The predicted molar refractivity (Wildman–Crippen MR) is 68.0 cm³/mol. The average molecular weight is 254 g/mol. The molecule has 102 valence electrons. The summed E-state index contributed by atoms with van der Waals surface area (Å²) in [5.74, 6) is -0.109. The Hall–Kier alpha value is -1.14. The molecule has 1 aliphatic heterocycles. The average Bonchev–Trinajstić information content (AvgIpc) is 2.76. The third-order valence-electron chi connectivity index (χ3n) is 3.91. The van der Waals surface area contributed by atoms with E-state index >= 15 is 0 Å². The first kappa shape index (κ1) is 13.3. The highest BCUT2D eigenvalue weighted by atomic mass is 16.2. The first-order chi connectivity index (χ1) is 8.58. The number of hydrogen-bond donors (Lipinski definition) is 2. The van der Waals surface area contributed by atoms with Crippen molar-refractivity contribution in [1.82, 2.24) is 15.1 Å². The number of nitrogens with two attached hydrogens (primary N) is 1. The highest BCUT2D eigenvalue weighted by molar-refractivity contribution is 5.96. The molecule has 2 rings (SSSR count). The van der Waals surface area contributed by atoms with Crippen molar-refractivity contribution in [3.05, 3.63) is 0 Å². The second-order valence-electron chi connectivity index (χ2n) is 5.26. The van der Waals surface area contributed by atoms with Crippen molar-refractivity contribution in [3.8, 4) is 0 Å². The molecule has 1 heterocycles. The van der Waals surface area contributed by atoms with E-state index in [0.29, 0.717) is 31.7 Å². The van der Waals surface area contributed by atoms with Crippen molar-refractivity contribution in [1.29, 1.82) is 0 Å². The molecule has 0 aromatic carbocycles. The van der Waals surface area contributed by atoms with Crippen LogP contribution in [0.4, 0.5) is 4.79 Å². The SMILES string of the molecule is CN(CC(=O)N1CCNC1=O)C1CCC(N)CC1. The molecule has 3 amide bonds. The molecule has 0 aromatic heterocycles. The van der Waals surface area contributed by atoms with Gasteiger partial charge in [-0.3, -0.25) is 14.6 Å². The summed E-state index contributed by atoms with van der Waals surface area (Å²) in [7, 11) is 1.95. The van der Waals surface area contributed by atoms with Crippen LogP contribution < -0.4 is 11.1 Å². The molecule has 0 unspecified atom stereocenters. The lowest BCUT2D eigenvalue weighted by molar-refractivity contribution is -0.129. The van der Waals surface area contributed by atoms with E-state index in [1.165, 1.54) is 4.90 Å². The van der Waals surface area contributed by atoms with Gasteiger partial charge < -0.3 is 11.1 Å². The summed E-state index contributed by atoms with van der Waals surface area (Å²) in [6, 6.07) is 0.466. The molecular formula is C12H22N4O2. The molecule has 2 aliphatic rings. The van der Waals surface area contributed by atoms with Crippen LogP contribution >= 0.6 is 0 Å². The van der Waals surface area contributed by atoms with E-state index in [0.717, 1.165) is 25.7 Å². The Labute approximate surface area is 107 Å². The summed E-state index contributed by atoms with van der Waals surface area (Å²) in [6.45, 7) is 1.36. The number of nitrogens with one attached hydrogen (secondary N) is 1. The van der Waals surface area contributed by atoms with Crippen molar-refractivity contribution in [2.75, 3.05) is 26.7 Å². The van der Waals surface area contributed by atoms with Gasteiger partial charge in [-0.1, -0.05) is 0 Å². The van der Waals surface area contributed by atoms with Gasteiger partial charge in [0.15, 0.2) is 0 Å². The highest BCUT2D eigenvalue weighted by Gasteiger charge is 2.29. The number of amides is 3. The van der Waals surface area contributed by atoms with Crippen LogP contribution in [0.5, 0.6) is 0 Å². The van der Waals surface area contributed by atoms with Gasteiger partial charge in [0.05, 0.1) is 6.54 Å². The third-order valence-corrected chi connectivity index (χ3v) is 3.91. The standard InChI is InChI=1S/C12H22N4O2/c1-15(10-4-2-9(13)3-5-10)8-11(17)16-7-6-14-12(16)18/h9-10H,2-8,13H2,1H3,(H,14,18). The van der Waals surface area contributed by atoms with Gasteiger partial charge in [-0.2, -0.15) is 0 Å². The Kier molecular flexibility index (Phi) is 4.19. The molecule has 1 saturated heterocycles. The van der Waals surface area contributed by atoms with E-state index in [9.17, 15) is 9.59 Å². The minimum atomic E-state index is -0.265. The summed E-state index contributed by atoms with van der Waals surface area (Å²) >= 11 is 0. The topological polar surface area (TPSA) is 78.7 Å². The van der Waals surface area contributed by atoms with Crippen molar-refractivity contribution in [2.24, 2.45) is 5.73 Å². The fourth-order valence-electron chi connectivity index (χ4n) is 2.68. The monoisotopic (exact) mass is 254 g/mol. The van der Waals surface area contributed by atoms with E-state index in [-0.39, 0.29) is 11.9 Å². The third kappa shape index (κ3) is 3.00. The normalized spacial score (nSPS) is 28.6. The van der Waals surface area contributed by atoms with E-state index in [2.05, 4.69) is 10.2 Å². The fraction of sp³-hybridized carbons (Fsp3) is 0.833. The van der Waals surface area contributed by atoms with Gasteiger partial charge in [0, 0.05) is 25.2 Å². The van der Waals surface area contributed by atoms with Gasteiger partial charge in [0.1, 0.15) is 0 Å². The molecule has 0 atom stereocenters. The Morgan fingerprint density at radius 1 is 1.44 bits per heavy atom. The Morgan fingerprint density at radius 2 is 2.11 bits per heavy atom. The summed E-state index contributed by atoms with van der Waals surface area (Å²) in [5, 5.41) is 2.64. The zero-order chi connectivity index (χ0) is 13.1. The number of nitrogens with zero attached hydrogens (tertiary/aromatic N) is 2. The van der Waals surface area contributed by atoms with Crippen LogP contribution in [0.2, 0.25) is 0 Å². The highest BCUT2D eigenvalue weighted by Crippen LogP contribution is 2.21. The lowest BCUT2D eigenvalue weighted by Gasteiger charge is -2.33. The van der Waals surface area contributed by atoms with Gasteiger partial charge in [0.25, 0.3) is 0 Å². The molecular weight excluding hydrogens is 232 g/mol. The molecule has 18 heavy (non-hydrogen) atoms. The van der Waals surface area contributed by atoms with Gasteiger partial charge >= 0.3 is 6.03 Å². The van der Waals surface area contributed by atoms with Crippen molar-refractivity contribution in [3.63, 3.8) is 0 Å². The quantitative estimate of drug-likeness (QED) is 0.727. The number of likely N-dealkylation sites (N-methyl/N-ethyl adjacent to an activating group) is 1. The first-order valence-electron chi connectivity index (χ1n) is 6.62. The molecule has 0 bridgehead atoms. The Morgan fingerprint density at radius 3 is 2.67 bits per heavy atom. The predicted octanol–water partition coefficient (Wildman–Crippen LogP) is -0.260. The number of carbonyl (C=O) groups excluding carboxylic acids is 2. The molecule has 0 radical (unpaired) electrons. The van der Waals surface area contributed by atoms with Gasteiger partial charge in [0.2, 0.25) is 5.91 Å². The maximum Gasteiger partial charge on any atom is 0.324 e. The van der Waals surface area contributed by atoms with Crippen molar-refractivity contribution < 1.29 is 9.59 Å². The van der Waals surface area contributed by atoms with Gasteiger partial charge in [-0.25, -0.2) is 4.79 Å². The molecule has 6 heteroatoms. The van der Waals surface area contributed by atoms with Crippen molar-refractivity contribution in [2.45, 2.75) is 37.8 Å². The zero-order valence-corrected chi connectivity index (χ0v) is 10.9. The minimum absolute atomic E-state index is 0.109. The summed E-state index contributed by atoms with van der Waals surface area (Å²) in [4.78, 5) is 26.7. The summed E-state index contributed by atoms with van der Waals surface area (Å²) < 4.78 is 0. The van der Waals surface area contributed by atoms with Crippen LogP contribution in [0.15, 0.2) is 0 Å². The second-order valence-corrected chi connectivity index (χ2v) is 5.26. The van der Waals surface area contributed by atoms with Crippen LogP contribution in [0.3, 0.4) is 0 Å². The molecule has 0 aromatic rings.